The Bertz CT molecular complexity index is 256. The Kier molecular flexibility index (Phi) is 1.80. The van der Waals surface area contributed by atoms with Crippen molar-refractivity contribution >= 4 is 0 Å². The molecule has 0 fully saturated rings. The van der Waals surface area contributed by atoms with Crippen LogP contribution in [-0.2, 0) is 6.18 Å². The van der Waals surface area contributed by atoms with Crippen LogP contribution < -0.4 is 0 Å². The molecular formula is C6H5F3N2. The van der Waals surface area contributed by atoms with Gasteiger partial charge in [-0.15, -0.1) is 0 Å². The first-order valence-corrected chi connectivity index (χ1v) is 2.86. The minimum Gasteiger partial charge on any atom is -0.242 e. The molecule has 5 heteroatoms. The molecule has 0 aliphatic heterocycles. The van der Waals surface area contributed by atoms with Gasteiger partial charge >= 0.3 is 6.18 Å². The molecule has 0 aliphatic carbocycles. The fourth-order valence-corrected chi connectivity index (χ4v) is 0.610. The highest BCUT2D eigenvalue weighted by Crippen LogP contribution is 2.26. The van der Waals surface area contributed by atoms with Crippen LogP contribution in [0.2, 0.25) is 0 Å². The predicted molar refractivity (Wildman–Crippen MR) is 31.8 cm³/mol. The van der Waals surface area contributed by atoms with Gasteiger partial charge in [0.1, 0.15) is 12.0 Å². The van der Waals surface area contributed by atoms with E-state index in [1.807, 2.05) is 0 Å². The summed E-state index contributed by atoms with van der Waals surface area (Å²) >= 11 is 0. The van der Waals surface area contributed by atoms with Crippen molar-refractivity contribution in [3.63, 3.8) is 0 Å². The number of hydrogen-bond donors (Lipinski definition) is 0. The second kappa shape index (κ2) is 2.48. The monoisotopic (exact) mass is 162 g/mol. The molecule has 1 heterocycles. The molecule has 0 amide bonds. The van der Waals surface area contributed by atoms with Crippen molar-refractivity contribution in [2.24, 2.45) is 0 Å². The highest BCUT2D eigenvalue weighted by atomic mass is 19.4. The molecule has 60 valence electrons. The Labute approximate surface area is 61.1 Å². The topological polar surface area (TPSA) is 25.8 Å². The van der Waals surface area contributed by atoms with Gasteiger partial charge in [0.15, 0.2) is 0 Å². The van der Waals surface area contributed by atoms with Crippen LogP contribution in [0.5, 0.6) is 0 Å². The second-order valence-corrected chi connectivity index (χ2v) is 2.04. The summed E-state index contributed by atoms with van der Waals surface area (Å²) in [6, 6.07) is 0.903. The summed E-state index contributed by atoms with van der Waals surface area (Å²) in [5.41, 5.74) is -0.586. The minimum absolute atomic E-state index is 0.312. The summed E-state index contributed by atoms with van der Waals surface area (Å²) in [6.07, 6.45) is -3.47. The fraction of sp³-hybridized carbons (Fsp3) is 0.333. The van der Waals surface area contributed by atoms with Gasteiger partial charge in [0.05, 0.1) is 0 Å². The van der Waals surface area contributed by atoms with Crippen LogP contribution in [0.4, 0.5) is 13.2 Å². The average molecular weight is 162 g/mol. The van der Waals surface area contributed by atoms with Crippen molar-refractivity contribution in [1.82, 2.24) is 9.97 Å². The maximum Gasteiger partial charge on any atom is 0.433 e. The Morgan fingerprint density at radius 1 is 1.27 bits per heavy atom. The first-order valence-electron chi connectivity index (χ1n) is 2.86. The van der Waals surface area contributed by atoms with E-state index < -0.39 is 11.9 Å². The third-order valence-corrected chi connectivity index (χ3v) is 1.09. The first kappa shape index (κ1) is 7.97. The van der Waals surface area contributed by atoms with Crippen LogP contribution in [0.1, 0.15) is 11.4 Å². The highest BCUT2D eigenvalue weighted by molar-refractivity contribution is 5.09. The molecule has 11 heavy (non-hydrogen) atoms. The van der Waals surface area contributed by atoms with E-state index in [4.69, 9.17) is 0 Å². The summed E-state index contributed by atoms with van der Waals surface area (Å²) in [5.74, 6) is 0. The van der Waals surface area contributed by atoms with E-state index in [-0.39, 0.29) is 0 Å². The number of alkyl halides is 3. The molecule has 1 aromatic heterocycles. The van der Waals surface area contributed by atoms with Gasteiger partial charge < -0.3 is 0 Å². The molecule has 0 bridgehead atoms. The lowest BCUT2D eigenvalue weighted by atomic mass is 10.3. The zero-order valence-electron chi connectivity index (χ0n) is 5.68. The lowest BCUT2D eigenvalue weighted by Gasteiger charge is -2.03. The normalized spacial score (nSPS) is 11.6. The Morgan fingerprint density at radius 2 is 1.91 bits per heavy atom. The summed E-state index contributed by atoms with van der Waals surface area (Å²) in [6.45, 7) is 1.48. The third-order valence-electron chi connectivity index (χ3n) is 1.09. The molecule has 0 aromatic carbocycles. The molecule has 0 atom stereocenters. The standard InChI is InChI=1S/C6H5F3N2/c1-4-2-5(6(7,8)9)11-3-10-4/h2-3H,1H3. The highest BCUT2D eigenvalue weighted by Gasteiger charge is 2.32. The number of halogens is 3. The van der Waals surface area contributed by atoms with Gasteiger partial charge in [0, 0.05) is 5.69 Å². The van der Waals surface area contributed by atoms with Gasteiger partial charge in [-0.05, 0) is 13.0 Å². The largest absolute Gasteiger partial charge is 0.433 e. The number of aryl methyl sites for hydroxylation is 1. The summed E-state index contributed by atoms with van der Waals surface area (Å²) in [4.78, 5) is 6.62. The lowest BCUT2D eigenvalue weighted by Crippen LogP contribution is -2.08. The fourth-order valence-electron chi connectivity index (χ4n) is 0.610. The van der Waals surface area contributed by atoms with E-state index in [1.165, 1.54) is 6.92 Å². The van der Waals surface area contributed by atoms with Crippen molar-refractivity contribution in [2.75, 3.05) is 0 Å². The summed E-state index contributed by atoms with van der Waals surface area (Å²) in [5, 5.41) is 0. The second-order valence-electron chi connectivity index (χ2n) is 2.04. The maximum absolute atomic E-state index is 11.9. The Balaban J connectivity index is 3.06. The van der Waals surface area contributed by atoms with E-state index in [2.05, 4.69) is 9.97 Å². The molecule has 0 aliphatic rings. The van der Waals surface area contributed by atoms with Crippen LogP contribution in [0.25, 0.3) is 0 Å². The van der Waals surface area contributed by atoms with Crippen molar-refractivity contribution in [2.45, 2.75) is 13.1 Å². The number of rotatable bonds is 0. The SMILES string of the molecule is Cc1cc(C(F)(F)F)ncn1. The number of aromatic nitrogens is 2. The molecule has 0 saturated carbocycles. The predicted octanol–water partition coefficient (Wildman–Crippen LogP) is 1.80. The molecule has 0 spiro atoms. The lowest BCUT2D eigenvalue weighted by molar-refractivity contribution is -0.141. The minimum atomic E-state index is -4.37. The van der Waals surface area contributed by atoms with Gasteiger partial charge in [-0.25, -0.2) is 9.97 Å². The molecule has 0 unspecified atom stereocenters. The maximum atomic E-state index is 11.9. The third kappa shape index (κ3) is 1.89. The number of hydrogen-bond acceptors (Lipinski definition) is 2. The van der Waals surface area contributed by atoms with Gasteiger partial charge in [0.2, 0.25) is 0 Å². The molecule has 0 N–H and O–H groups in total. The summed E-state index contributed by atoms with van der Waals surface area (Å²) < 4.78 is 35.6. The zero-order valence-corrected chi connectivity index (χ0v) is 5.68. The zero-order chi connectivity index (χ0) is 8.48. The average Bonchev–Trinajstić information content (AvgIpc) is 1.86. The Hall–Kier alpha value is -1.13. The van der Waals surface area contributed by atoms with Crippen LogP contribution in [0, 0.1) is 6.92 Å². The molecular weight excluding hydrogens is 157 g/mol. The van der Waals surface area contributed by atoms with Crippen LogP contribution in [-0.4, -0.2) is 9.97 Å². The van der Waals surface area contributed by atoms with Crippen LogP contribution in [0.3, 0.4) is 0 Å². The molecule has 1 rings (SSSR count). The number of nitrogens with zero attached hydrogens (tertiary/aromatic N) is 2. The van der Waals surface area contributed by atoms with Crippen LogP contribution >= 0.6 is 0 Å². The van der Waals surface area contributed by atoms with Crippen molar-refractivity contribution in [3.05, 3.63) is 23.8 Å². The van der Waals surface area contributed by atoms with E-state index >= 15 is 0 Å². The van der Waals surface area contributed by atoms with Crippen molar-refractivity contribution in [3.8, 4) is 0 Å². The van der Waals surface area contributed by atoms with Gasteiger partial charge in [-0.1, -0.05) is 0 Å². The van der Waals surface area contributed by atoms with Gasteiger partial charge in [0.25, 0.3) is 0 Å². The Morgan fingerprint density at radius 3 is 2.27 bits per heavy atom. The molecule has 2 nitrogen and oxygen atoms in total. The van der Waals surface area contributed by atoms with Crippen LogP contribution in [0.15, 0.2) is 12.4 Å². The van der Waals surface area contributed by atoms with E-state index in [0.717, 1.165) is 12.4 Å². The van der Waals surface area contributed by atoms with Gasteiger partial charge in [-0.2, -0.15) is 13.2 Å². The van der Waals surface area contributed by atoms with Crippen molar-refractivity contribution < 1.29 is 13.2 Å². The molecule has 0 radical (unpaired) electrons. The first-order chi connectivity index (χ1) is 5.00. The molecule has 0 saturated heterocycles. The van der Waals surface area contributed by atoms with E-state index in [0.29, 0.717) is 5.69 Å². The quantitative estimate of drug-likeness (QED) is 0.581. The summed E-state index contributed by atoms with van der Waals surface area (Å²) in [7, 11) is 0. The van der Waals surface area contributed by atoms with E-state index in [9.17, 15) is 13.2 Å². The van der Waals surface area contributed by atoms with Crippen molar-refractivity contribution in [1.29, 1.82) is 0 Å². The van der Waals surface area contributed by atoms with Gasteiger partial charge in [-0.3, -0.25) is 0 Å². The molecule has 1 aromatic rings. The smallest absolute Gasteiger partial charge is 0.242 e. The van der Waals surface area contributed by atoms with E-state index in [1.54, 1.807) is 0 Å².